The molecule has 98 valence electrons. The Balaban J connectivity index is 2.01. The van der Waals surface area contributed by atoms with E-state index in [-0.39, 0.29) is 5.75 Å². The second-order valence-electron chi connectivity index (χ2n) is 3.90. The number of benzene rings is 2. The summed E-state index contributed by atoms with van der Waals surface area (Å²) in [7, 11) is 0. The Hall–Kier alpha value is -1.82. The highest BCUT2D eigenvalue weighted by Crippen LogP contribution is 2.48. The van der Waals surface area contributed by atoms with Gasteiger partial charge in [-0.2, -0.15) is 0 Å². The Morgan fingerprint density at radius 3 is 2.47 bits per heavy atom. The van der Waals surface area contributed by atoms with E-state index in [9.17, 15) is 13.2 Å². The standard InChI is InChI=1S/C13H8F3NOS/c14-13(15,16)18-9-5-3-7-11-12(9)17-8-4-1-2-6-10(8)19-11/h1-7,17H. The van der Waals surface area contributed by atoms with Gasteiger partial charge in [-0.1, -0.05) is 30.0 Å². The fourth-order valence-corrected chi connectivity index (χ4v) is 2.85. The van der Waals surface area contributed by atoms with E-state index < -0.39 is 6.36 Å². The minimum atomic E-state index is -4.70. The van der Waals surface area contributed by atoms with Crippen LogP contribution in [0.4, 0.5) is 24.5 Å². The van der Waals surface area contributed by atoms with Gasteiger partial charge < -0.3 is 10.1 Å². The van der Waals surface area contributed by atoms with Crippen molar-refractivity contribution in [1.82, 2.24) is 0 Å². The first-order valence-corrected chi connectivity index (χ1v) is 6.27. The monoisotopic (exact) mass is 283 g/mol. The van der Waals surface area contributed by atoms with Crippen molar-refractivity contribution in [2.75, 3.05) is 5.32 Å². The molecule has 2 aromatic rings. The fraction of sp³-hybridized carbons (Fsp3) is 0.0769. The van der Waals surface area contributed by atoms with E-state index in [1.807, 2.05) is 24.3 Å². The van der Waals surface area contributed by atoms with Crippen molar-refractivity contribution in [3.8, 4) is 5.75 Å². The van der Waals surface area contributed by atoms with Gasteiger partial charge in [0.05, 0.1) is 11.4 Å². The summed E-state index contributed by atoms with van der Waals surface area (Å²) in [5, 5.41) is 2.99. The Morgan fingerprint density at radius 2 is 1.68 bits per heavy atom. The van der Waals surface area contributed by atoms with E-state index in [1.165, 1.54) is 17.8 Å². The molecule has 2 nitrogen and oxygen atoms in total. The summed E-state index contributed by atoms with van der Waals surface area (Å²) in [5.74, 6) is -0.216. The first-order chi connectivity index (χ1) is 9.03. The molecule has 0 atom stereocenters. The van der Waals surface area contributed by atoms with Crippen LogP contribution in [0.3, 0.4) is 0 Å². The fourth-order valence-electron chi connectivity index (χ4n) is 1.84. The third kappa shape index (κ3) is 2.49. The number of nitrogens with one attached hydrogen (secondary N) is 1. The van der Waals surface area contributed by atoms with Crippen LogP contribution in [-0.4, -0.2) is 6.36 Å². The van der Waals surface area contributed by atoms with Crippen molar-refractivity contribution in [3.05, 3.63) is 42.5 Å². The van der Waals surface area contributed by atoms with Crippen LogP contribution in [0.1, 0.15) is 0 Å². The highest BCUT2D eigenvalue weighted by Gasteiger charge is 2.33. The number of hydrogen-bond donors (Lipinski definition) is 1. The molecule has 0 bridgehead atoms. The van der Waals surface area contributed by atoms with Crippen molar-refractivity contribution < 1.29 is 17.9 Å². The molecule has 2 aromatic carbocycles. The van der Waals surface area contributed by atoms with E-state index in [0.717, 1.165) is 10.6 Å². The van der Waals surface area contributed by atoms with Crippen LogP contribution >= 0.6 is 11.8 Å². The number of halogens is 3. The molecule has 0 aromatic heterocycles. The van der Waals surface area contributed by atoms with E-state index in [0.29, 0.717) is 10.6 Å². The van der Waals surface area contributed by atoms with Crippen LogP contribution in [0, 0.1) is 0 Å². The number of alkyl halides is 3. The van der Waals surface area contributed by atoms with Crippen LogP contribution < -0.4 is 10.1 Å². The van der Waals surface area contributed by atoms with Gasteiger partial charge in [0.15, 0.2) is 5.75 Å². The number of para-hydroxylation sites is 2. The summed E-state index contributed by atoms with van der Waals surface area (Å²) in [6, 6.07) is 12.0. The van der Waals surface area contributed by atoms with Crippen molar-refractivity contribution >= 4 is 23.1 Å². The molecule has 0 spiro atoms. The van der Waals surface area contributed by atoms with Gasteiger partial charge >= 0.3 is 6.36 Å². The van der Waals surface area contributed by atoms with Gasteiger partial charge in [0.1, 0.15) is 0 Å². The second kappa shape index (κ2) is 4.38. The summed E-state index contributed by atoms with van der Waals surface area (Å²) < 4.78 is 41.1. The van der Waals surface area contributed by atoms with E-state index in [4.69, 9.17) is 0 Å². The van der Waals surface area contributed by atoms with Crippen molar-refractivity contribution in [1.29, 1.82) is 0 Å². The average molecular weight is 283 g/mol. The van der Waals surface area contributed by atoms with Crippen LogP contribution in [0.15, 0.2) is 52.3 Å². The van der Waals surface area contributed by atoms with Crippen molar-refractivity contribution in [2.45, 2.75) is 16.2 Å². The second-order valence-corrected chi connectivity index (χ2v) is 4.98. The molecular weight excluding hydrogens is 275 g/mol. The van der Waals surface area contributed by atoms with Crippen LogP contribution in [0.5, 0.6) is 5.75 Å². The topological polar surface area (TPSA) is 21.3 Å². The summed E-state index contributed by atoms with van der Waals surface area (Å²) >= 11 is 1.41. The maximum absolute atomic E-state index is 12.4. The molecule has 1 aliphatic heterocycles. The molecule has 19 heavy (non-hydrogen) atoms. The van der Waals surface area contributed by atoms with Gasteiger partial charge in [-0.3, -0.25) is 0 Å². The van der Waals surface area contributed by atoms with Crippen molar-refractivity contribution in [3.63, 3.8) is 0 Å². The largest absolute Gasteiger partial charge is 0.573 e. The highest BCUT2D eigenvalue weighted by molar-refractivity contribution is 7.99. The molecule has 6 heteroatoms. The molecule has 1 heterocycles. The minimum Gasteiger partial charge on any atom is -0.404 e. The highest BCUT2D eigenvalue weighted by atomic mass is 32.2. The molecule has 0 amide bonds. The number of ether oxygens (including phenoxy) is 1. The predicted octanol–water partition coefficient (Wildman–Crippen LogP) is 4.79. The lowest BCUT2D eigenvalue weighted by Crippen LogP contribution is -2.18. The summed E-state index contributed by atoms with van der Waals surface area (Å²) in [5.41, 5.74) is 1.13. The van der Waals surface area contributed by atoms with Crippen LogP contribution in [0.25, 0.3) is 0 Å². The molecule has 0 fully saturated rings. The molecule has 1 aliphatic rings. The SMILES string of the molecule is FC(F)(F)Oc1cccc2c1Nc1ccccc1S2. The van der Waals surface area contributed by atoms with Gasteiger partial charge in [0.25, 0.3) is 0 Å². The maximum Gasteiger partial charge on any atom is 0.573 e. The summed E-state index contributed by atoms with van der Waals surface area (Å²) in [4.78, 5) is 1.68. The zero-order chi connectivity index (χ0) is 13.5. The first kappa shape index (κ1) is 12.2. The zero-order valence-electron chi connectivity index (χ0n) is 9.49. The van der Waals surface area contributed by atoms with Gasteiger partial charge in [0.2, 0.25) is 0 Å². The van der Waals surface area contributed by atoms with Gasteiger partial charge in [0, 0.05) is 9.79 Å². The van der Waals surface area contributed by atoms with Gasteiger partial charge in [-0.25, -0.2) is 0 Å². The number of hydrogen-bond acceptors (Lipinski definition) is 3. The molecular formula is C13H8F3NOS. The molecule has 0 aliphatic carbocycles. The average Bonchev–Trinajstić information content (AvgIpc) is 2.35. The normalized spacial score (nSPS) is 13.2. The van der Waals surface area contributed by atoms with Gasteiger partial charge in [-0.15, -0.1) is 13.2 Å². The van der Waals surface area contributed by atoms with Crippen molar-refractivity contribution in [2.24, 2.45) is 0 Å². The third-order valence-corrected chi connectivity index (χ3v) is 3.72. The Labute approximate surface area is 111 Å². The number of rotatable bonds is 1. The first-order valence-electron chi connectivity index (χ1n) is 5.45. The smallest absolute Gasteiger partial charge is 0.404 e. The Bertz CT molecular complexity index is 628. The quantitative estimate of drug-likeness (QED) is 0.693. The molecule has 0 saturated carbocycles. The maximum atomic E-state index is 12.4. The van der Waals surface area contributed by atoms with E-state index in [1.54, 1.807) is 12.1 Å². The van der Waals surface area contributed by atoms with Crippen LogP contribution in [0.2, 0.25) is 0 Å². The lowest BCUT2D eigenvalue weighted by molar-refractivity contribution is -0.274. The lowest BCUT2D eigenvalue weighted by Gasteiger charge is -2.23. The zero-order valence-corrected chi connectivity index (χ0v) is 10.3. The minimum absolute atomic E-state index is 0.216. The predicted molar refractivity (Wildman–Crippen MR) is 67.0 cm³/mol. The molecule has 1 N–H and O–H groups in total. The lowest BCUT2D eigenvalue weighted by atomic mass is 10.2. The Morgan fingerprint density at radius 1 is 0.947 bits per heavy atom. The molecule has 0 saturated heterocycles. The van der Waals surface area contributed by atoms with Crippen LogP contribution in [-0.2, 0) is 0 Å². The number of anilines is 2. The Kier molecular flexibility index (Phi) is 2.82. The third-order valence-electron chi connectivity index (χ3n) is 2.58. The summed E-state index contributed by atoms with van der Waals surface area (Å²) in [6.07, 6.45) is -4.70. The van der Waals surface area contributed by atoms with Gasteiger partial charge in [-0.05, 0) is 24.3 Å². The van der Waals surface area contributed by atoms with E-state index >= 15 is 0 Å². The van der Waals surface area contributed by atoms with E-state index in [2.05, 4.69) is 10.1 Å². The molecule has 0 unspecified atom stereocenters. The summed E-state index contributed by atoms with van der Waals surface area (Å²) in [6.45, 7) is 0. The molecule has 3 rings (SSSR count). The number of fused-ring (bicyclic) bond motifs is 2. The molecule has 0 radical (unpaired) electrons.